The van der Waals surface area contributed by atoms with E-state index in [4.69, 9.17) is 4.74 Å². The first-order valence-corrected chi connectivity index (χ1v) is 8.24. The smallest absolute Gasteiger partial charge is 0.270 e. The molecule has 2 aromatic rings. The molecule has 1 heterocycles. The molecule has 7 heteroatoms. The Morgan fingerprint density at radius 1 is 1.24 bits per heavy atom. The van der Waals surface area contributed by atoms with E-state index in [0.717, 1.165) is 12.2 Å². The van der Waals surface area contributed by atoms with Gasteiger partial charge in [0.25, 0.3) is 5.91 Å². The molecule has 0 fully saturated rings. The van der Waals surface area contributed by atoms with Crippen LogP contribution < -0.4 is 15.4 Å². The standard InChI is InChI=1S/C18H25N5O2/c1-13(2)25-16-8-6-5-7-14(16)21-18-20-10-9-15(22-18)17(24)19-11-12-23(3)4/h5-10,13H,11-12H2,1-4H3,(H,19,24)(H,20,21,22). The van der Waals surface area contributed by atoms with E-state index in [1.54, 1.807) is 12.3 Å². The van der Waals surface area contributed by atoms with Crippen molar-refractivity contribution in [2.75, 3.05) is 32.5 Å². The summed E-state index contributed by atoms with van der Waals surface area (Å²) in [6.07, 6.45) is 1.61. The Bertz CT molecular complexity index is 703. The maximum absolute atomic E-state index is 12.2. The Kier molecular flexibility index (Phi) is 6.71. The number of rotatable bonds is 8. The molecule has 2 rings (SSSR count). The molecule has 0 aliphatic rings. The SMILES string of the molecule is CC(C)Oc1ccccc1Nc1nccc(C(=O)NCCN(C)C)n1. The van der Waals surface area contributed by atoms with Gasteiger partial charge in [0.15, 0.2) is 0 Å². The van der Waals surface area contributed by atoms with Gasteiger partial charge >= 0.3 is 0 Å². The summed E-state index contributed by atoms with van der Waals surface area (Å²) in [7, 11) is 3.91. The lowest BCUT2D eigenvalue weighted by Crippen LogP contribution is -2.31. The van der Waals surface area contributed by atoms with Crippen LogP contribution in [0.15, 0.2) is 36.5 Å². The van der Waals surface area contributed by atoms with Gasteiger partial charge < -0.3 is 20.3 Å². The quantitative estimate of drug-likeness (QED) is 0.766. The number of benzene rings is 1. The van der Waals surface area contributed by atoms with Gasteiger partial charge in [0, 0.05) is 19.3 Å². The lowest BCUT2D eigenvalue weighted by atomic mass is 10.3. The maximum atomic E-state index is 12.2. The Morgan fingerprint density at radius 3 is 2.72 bits per heavy atom. The number of hydrogen-bond donors (Lipinski definition) is 2. The van der Waals surface area contributed by atoms with E-state index in [1.807, 2.05) is 57.1 Å². The number of nitrogens with one attached hydrogen (secondary N) is 2. The van der Waals surface area contributed by atoms with Crippen molar-refractivity contribution < 1.29 is 9.53 Å². The number of carbonyl (C=O) groups excluding carboxylic acids is 1. The number of carbonyl (C=O) groups is 1. The van der Waals surface area contributed by atoms with Crippen molar-refractivity contribution in [1.29, 1.82) is 0 Å². The number of para-hydroxylation sites is 2. The summed E-state index contributed by atoms with van der Waals surface area (Å²) < 4.78 is 5.77. The van der Waals surface area contributed by atoms with Crippen LogP contribution in [0.3, 0.4) is 0 Å². The molecule has 1 amide bonds. The van der Waals surface area contributed by atoms with Crippen LogP contribution in [0, 0.1) is 0 Å². The zero-order valence-corrected chi connectivity index (χ0v) is 15.1. The summed E-state index contributed by atoms with van der Waals surface area (Å²) in [6.45, 7) is 5.25. The molecular weight excluding hydrogens is 318 g/mol. The Hall–Kier alpha value is -2.67. The zero-order valence-electron chi connectivity index (χ0n) is 15.1. The molecular formula is C18H25N5O2. The van der Waals surface area contributed by atoms with Crippen LogP contribution >= 0.6 is 0 Å². The van der Waals surface area contributed by atoms with Gasteiger partial charge in [-0.3, -0.25) is 4.79 Å². The van der Waals surface area contributed by atoms with Gasteiger partial charge in [-0.2, -0.15) is 0 Å². The number of amides is 1. The summed E-state index contributed by atoms with van der Waals surface area (Å²) in [5.41, 5.74) is 1.07. The highest BCUT2D eigenvalue weighted by molar-refractivity contribution is 5.92. The molecule has 25 heavy (non-hydrogen) atoms. The van der Waals surface area contributed by atoms with Gasteiger partial charge in [0.1, 0.15) is 11.4 Å². The predicted molar refractivity (Wildman–Crippen MR) is 98.4 cm³/mol. The second kappa shape index (κ2) is 8.98. The molecule has 0 aliphatic carbocycles. The molecule has 7 nitrogen and oxygen atoms in total. The average molecular weight is 343 g/mol. The van der Waals surface area contributed by atoms with Gasteiger partial charge in [-0.1, -0.05) is 12.1 Å². The highest BCUT2D eigenvalue weighted by Crippen LogP contribution is 2.26. The van der Waals surface area contributed by atoms with Crippen molar-refractivity contribution in [2.24, 2.45) is 0 Å². The second-order valence-corrected chi connectivity index (χ2v) is 6.11. The van der Waals surface area contributed by atoms with E-state index in [9.17, 15) is 4.79 Å². The molecule has 2 N–H and O–H groups in total. The fourth-order valence-electron chi connectivity index (χ4n) is 2.08. The number of aromatic nitrogens is 2. The minimum atomic E-state index is -0.223. The largest absolute Gasteiger partial charge is 0.489 e. The fourth-order valence-corrected chi connectivity index (χ4v) is 2.08. The van der Waals surface area contributed by atoms with Crippen LogP contribution in [0.25, 0.3) is 0 Å². The topological polar surface area (TPSA) is 79.4 Å². The predicted octanol–water partition coefficient (Wildman–Crippen LogP) is 2.30. The fraction of sp³-hybridized carbons (Fsp3) is 0.389. The summed E-state index contributed by atoms with van der Waals surface area (Å²) in [6, 6.07) is 9.14. The zero-order chi connectivity index (χ0) is 18.2. The minimum absolute atomic E-state index is 0.0534. The highest BCUT2D eigenvalue weighted by atomic mass is 16.5. The van der Waals surface area contributed by atoms with E-state index in [1.165, 1.54) is 0 Å². The third-order valence-corrected chi connectivity index (χ3v) is 3.23. The van der Waals surface area contributed by atoms with E-state index in [-0.39, 0.29) is 12.0 Å². The molecule has 0 spiro atoms. The minimum Gasteiger partial charge on any atom is -0.489 e. The van der Waals surface area contributed by atoms with Crippen molar-refractivity contribution in [3.05, 3.63) is 42.2 Å². The molecule has 0 bridgehead atoms. The summed E-state index contributed by atoms with van der Waals surface area (Å²) in [4.78, 5) is 22.6. The molecule has 1 aromatic carbocycles. The molecule has 1 aromatic heterocycles. The lowest BCUT2D eigenvalue weighted by Gasteiger charge is -2.15. The van der Waals surface area contributed by atoms with Crippen LogP contribution in [-0.4, -0.2) is 54.1 Å². The molecule has 0 unspecified atom stereocenters. The number of ether oxygens (including phenoxy) is 1. The van der Waals surface area contributed by atoms with Gasteiger partial charge in [-0.05, 0) is 46.1 Å². The first-order chi connectivity index (χ1) is 12.0. The lowest BCUT2D eigenvalue weighted by molar-refractivity contribution is 0.0946. The first-order valence-electron chi connectivity index (χ1n) is 8.24. The van der Waals surface area contributed by atoms with Crippen LogP contribution in [0.5, 0.6) is 5.75 Å². The van der Waals surface area contributed by atoms with Gasteiger partial charge in [-0.25, -0.2) is 9.97 Å². The van der Waals surface area contributed by atoms with Crippen molar-refractivity contribution >= 4 is 17.5 Å². The molecule has 0 saturated carbocycles. The first kappa shape index (κ1) is 18.7. The molecule has 0 saturated heterocycles. The number of hydrogen-bond acceptors (Lipinski definition) is 6. The van der Waals surface area contributed by atoms with Crippen LogP contribution in [0.2, 0.25) is 0 Å². The van der Waals surface area contributed by atoms with Crippen molar-refractivity contribution in [2.45, 2.75) is 20.0 Å². The summed E-state index contributed by atoms with van der Waals surface area (Å²) in [5, 5.41) is 5.95. The second-order valence-electron chi connectivity index (χ2n) is 6.11. The van der Waals surface area contributed by atoms with Crippen molar-refractivity contribution in [3.63, 3.8) is 0 Å². The van der Waals surface area contributed by atoms with E-state index in [0.29, 0.717) is 23.9 Å². The number of anilines is 2. The maximum Gasteiger partial charge on any atom is 0.270 e. The normalized spacial score (nSPS) is 10.8. The monoisotopic (exact) mass is 343 g/mol. The van der Waals surface area contributed by atoms with Crippen LogP contribution in [0.1, 0.15) is 24.3 Å². The number of likely N-dealkylation sites (N-methyl/N-ethyl adjacent to an activating group) is 1. The van der Waals surface area contributed by atoms with Gasteiger partial charge in [-0.15, -0.1) is 0 Å². The van der Waals surface area contributed by atoms with E-state index in [2.05, 4.69) is 20.6 Å². The van der Waals surface area contributed by atoms with Crippen LogP contribution in [-0.2, 0) is 0 Å². The van der Waals surface area contributed by atoms with Crippen LogP contribution in [0.4, 0.5) is 11.6 Å². The Morgan fingerprint density at radius 2 is 2.00 bits per heavy atom. The van der Waals surface area contributed by atoms with Crippen molar-refractivity contribution in [3.8, 4) is 5.75 Å². The van der Waals surface area contributed by atoms with Crippen molar-refractivity contribution in [1.82, 2.24) is 20.2 Å². The molecule has 0 atom stereocenters. The van der Waals surface area contributed by atoms with Gasteiger partial charge in [0.05, 0.1) is 11.8 Å². The Balaban J connectivity index is 2.08. The van der Waals surface area contributed by atoms with E-state index >= 15 is 0 Å². The molecule has 0 aliphatic heterocycles. The third kappa shape index (κ3) is 6.04. The molecule has 134 valence electrons. The molecule has 0 radical (unpaired) electrons. The highest BCUT2D eigenvalue weighted by Gasteiger charge is 2.10. The summed E-state index contributed by atoms with van der Waals surface area (Å²) in [5.74, 6) is 0.834. The Labute approximate surface area is 148 Å². The number of nitrogens with zero attached hydrogens (tertiary/aromatic N) is 3. The third-order valence-electron chi connectivity index (χ3n) is 3.23. The summed E-state index contributed by atoms with van der Waals surface area (Å²) >= 11 is 0. The average Bonchev–Trinajstić information content (AvgIpc) is 2.56. The van der Waals surface area contributed by atoms with Gasteiger partial charge in [0.2, 0.25) is 5.95 Å². The van der Waals surface area contributed by atoms with E-state index < -0.39 is 0 Å².